The molecule has 42 heavy (non-hydrogen) atoms. The van der Waals surface area contributed by atoms with Crippen LogP contribution in [-0.4, -0.2) is 58.3 Å². The lowest BCUT2D eigenvalue weighted by Crippen LogP contribution is -2.33. The Balaban J connectivity index is 1.04. The maximum absolute atomic E-state index is 14.9. The number of hydrogen-bond donors (Lipinski definition) is 0. The number of methoxy groups -OCH3 is 1. The van der Waals surface area contributed by atoms with Crippen molar-refractivity contribution in [1.82, 2.24) is 19.4 Å². The quantitative estimate of drug-likeness (QED) is 0.241. The van der Waals surface area contributed by atoms with Crippen LogP contribution in [-0.2, 0) is 29.2 Å². The molecule has 1 saturated carbocycles. The number of likely N-dealkylation sites (tertiary alicyclic amines) is 1. The number of ether oxygens (including phenoxy) is 3. The van der Waals surface area contributed by atoms with Crippen molar-refractivity contribution in [1.29, 1.82) is 0 Å². The molecule has 2 aromatic heterocycles. The minimum Gasteiger partial charge on any atom is -0.473 e. The van der Waals surface area contributed by atoms with E-state index < -0.39 is 5.82 Å². The van der Waals surface area contributed by atoms with Gasteiger partial charge in [-0.2, -0.15) is 0 Å². The van der Waals surface area contributed by atoms with E-state index in [1.54, 1.807) is 18.2 Å². The zero-order chi connectivity index (χ0) is 29.0. The monoisotopic (exact) mass is 594 g/mol. The van der Waals surface area contributed by atoms with Crippen molar-refractivity contribution < 1.29 is 27.8 Å². The minimum absolute atomic E-state index is 0.0156. The highest BCUT2D eigenvalue weighted by atomic mass is 35.5. The zero-order valence-corrected chi connectivity index (χ0v) is 23.7. The molecule has 0 unspecified atom stereocenters. The van der Waals surface area contributed by atoms with Gasteiger partial charge in [0, 0.05) is 42.3 Å². The number of hydrogen-bond acceptors (Lipinski definition) is 7. The van der Waals surface area contributed by atoms with E-state index in [0.29, 0.717) is 34.9 Å². The number of esters is 1. The molecule has 2 aliphatic heterocycles. The smallest absolute Gasteiger partial charge is 0.337 e. The number of benzene rings is 2. The van der Waals surface area contributed by atoms with Gasteiger partial charge in [-0.05, 0) is 54.7 Å². The number of carbonyl (C=O) groups is 1. The normalized spacial score (nSPS) is 23.0. The van der Waals surface area contributed by atoms with Gasteiger partial charge in [-0.3, -0.25) is 4.90 Å². The minimum atomic E-state index is -0.459. The summed E-state index contributed by atoms with van der Waals surface area (Å²) in [6, 6.07) is 12.7. The average molecular weight is 595 g/mol. The summed E-state index contributed by atoms with van der Waals surface area (Å²) >= 11 is 5.83. The Bertz CT molecular complexity index is 1660. The molecule has 218 valence electrons. The predicted molar refractivity (Wildman–Crippen MR) is 150 cm³/mol. The van der Waals surface area contributed by atoms with E-state index in [0.717, 1.165) is 43.0 Å². The van der Waals surface area contributed by atoms with Crippen LogP contribution in [0.25, 0.3) is 11.0 Å². The summed E-state index contributed by atoms with van der Waals surface area (Å²) < 4.78 is 47.5. The fourth-order valence-electron chi connectivity index (χ4n) is 6.27. The standard InChI is InChI=1S/C31H29ClF2N4O4/c1-40-31(39)17-3-6-25-26(10-17)38(12-20-8-9-41-20)27(35-25)15-37-13-21-22(14-37)29(21)30-23(33)5-7-28(36-30)42-16-18-2-4-19(32)11-24(18)34/h2-7,10-11,20-22,29H,8-9,12-16H2,1H3/t20-,21-,22+,29+/m0/s1. The second kappa shape index (κ2) is 10.9. The van der Waals surface area contributed by atoms with E-state index in [9.17, 15) is 13.6 Å². The number of fused-ring (bicyclic) bond motifs is 2. The van der Waals surface area contributed by atoms with E-state index >= 15 is 0 Å². The predicted octanol–water partition coefficient (Wildman–Crippen LogP) is 5.36. The lowest BCUT2D eigenvalue weighted by Gasteiger charge is -2.28. The van der Waals surface area contributed by atoms with E-state index in [1.807, 2.05) is 12.1 Å². The highest BCUT2D eigenvalue weighted by Crippen LogP contribution is 2.58. The van der Waals surface area contributed by atoms with Gasteiger partial charge in [0.15, 0.2) is 0 Å². The first kappa shape index (κ1) is 27.2. The SMILES string of the molecule is COC(=O)c1ccc2nc(CN3C[C@@H]4[C@H](C3)[C@H]4c3nc(OCc4ccc(Cl)cc4F)ccc3F)n(C[C@@H]3CCO3)c2c1. The molecule has 1 aliphatic carbocycles. The number of pyridine rings is 1. The second-order valence-corrected chi connectivity index (χ2v) is 11.6. The van der Waals surface area contributed by atoms with Gasteiger partial charge in [-0.15, -0.1) is 0 Å². The fraction of sp³-hybridized carbons (Fsp3) is 0.387. The van der Waals surface area contributed by atoms with Gasteiger partial charge in [-0.25, -0.2) is 23.5 Å². The van der Waals surface area contributed by atoms with Gasteiger partial charge >= 0.3 is 5.97 Å². The van der Waals surface area contributed by atoms with Crippen molar-refractivity contribution >= 4 is 28.6 Å². The van der Waals surface area contributed by atoms with Crippen LogP contribution in [0.4, 0.5) is 8.78 Å². The highest BCUT2D eigenvalue weighted by molar-refractivity contribution is 6.30. The van der Waals surface area contributed by atoms with Crippen LogP contribution < -0.4 is 4.74 Å². The largest absolute Gasteiger partial charge is 0.473 e. The van der Waals surface area contributed by atoms with Crippen LogP contribution in [0.2, 0.25) is 5.02 Å². The molecular formula is C31H29ClF2N4O4. The summed E-state index contributed by atoms with van der Waals surface area (Å²) in [4.78, 5) is 23.9. The number of rotatable bonds is 9. The molecule has 4 aromatic rings. The van der Waals surface area contributed by atoms with Gasteiger partial charge in [0.25, 0.3) is 0 Å². The number of halogens is 3. The summed E-state index contributed by atoms with van der Waals surface area (Å²) in [5.74, 6) is 0.569. The summed E-state index contributed by atoms with van der Waals surface area (Å²) in [5.41, 5.74) is 2.94. The van der Waals surface area contributed by atoms with E-state index in [1.165, 1.54) is 25.3 Å². The third-order valence-corrected chi connectivity index (χ3v) is 8.85. The first-order chi connectivity index (χ1) is 20.4. The Labute approximate surface area is 246 Å². The molecule has 2 saturated heterocycles. The second-order valence-electron chi connectivity index (χ2n) is 11.2. The Hall–Kier alpha value is -3.60. The van der Waals surface area contributed by atoms with Crippen molar-refractivity contribution in [2.24, 2.45) is 11.8 Å². The van der Waals surface area contributed by atoms with Crippen LogP contribution in [0, 0.1) is 23.5 Å². The summed E-state index contributed by atoms with van der Waals surface area (Å²) in [6.45, 7) is 3.64. The van der Waals surface area contributed by atoms with Crippen molar-refractivity contribution in [3.63, 3.8) is 0 Å². The van der Waals surface area contributed by atoms with Crippen molar-refractivity contribution in [2.45, 2.75) is 38.1 Å². The van der Waals surface area contributed by atoms with Crippen LogP contribution >= 0.6 is 11.6 Å². The van der Waals surface area contributed by atoms with Crippen molar-refractivity contribution in [3.05, 3.63) is 87.8 Å². The Morgan fingerprint density at radius 1 is 1.07 bits per heavy atom. The Morgan fingerprint density at radius 2 is 1.88 bits per heavy atom. The molecule has 0 amide bonds. The Morgan fingerprint density at radius 3 is 2.60 bits per heavy atom. The molecule has 4 heterocycles. The Kier molecular flexibility index (Phi) is 7.08. The van der Waals surface area contributed by atoms with Gasteiger partial charge in [0.1, 0.15) is 24.1 Å². The van der Waals surface area contributed by atoms with Crippen LogP contribution in [0.15, 0.2) is 48.5 Å². The third-order valence-electron chi connectivity index (χ3n) is 8.62. The van der Waals surface area contributed by atoms with Gasteiger partial charge < -0.3 is 18.8 Å². The summed E-state index contributed by atoms with van der Waals surface area (Å²) in [6.07, 6.45) is 1.11. The molecule has 0 N–H and O–H groups in total. The molecule has 4 atom stereocenters. The van der Waals surface area contributed by atoms with Gasteiger partial charge in [0.05, 0.1) is 48.6 Å². The fourth-order valence-corrected chi connectivity index (χ4v) is 6.42. The lowest BCUT2D eigenvalue weighted by atomic mass is 10.1. The molecule has 7 rings (SSSR count). The van der Waals surface area contributed by atoms with Crippen molar-refractivity contribution in [2.75, 3.05) is 26.8 Å². The van der Waals surface area contributed by atoms with Gasteiger partial charge in [-0.1, -0.05) is 17.7 Å². The molecule has 2 aromatic carbocycles. The molecule has 0 radical (unpaired) electrons. The maximum atomic E-state index is 14.9. The molecule has 3 fully saturated rings. The number of piperidine rings is 1. The summed E-state index contributed by atoms with van der Waals surface area (Å²) in [5, 5.41) is 0.310. The molecule has 0 spiro atoms. The number of imidazole rings is 1. The number of aromatic nitrogens is 3. The van der Waals surface area contributed by atoms with Gasteiger partial charge in [0.2, 0.25) is 5.88 Å². The molecule has 3 aliphatic rings. The number of nitrogens with zero attached hydrogens (tertiary/aromatic N) is 4. The van der Waals surface area contributed by atoms with E-state index in [2.05, 4.69) is 14.5 Å². The first-order valence-corrected chi connectivity index (χ1v) is 14.4. The van der Waals surface area contributed by atoms with E-state index in [-0.39, 0.29) is 48.1 Å². The van der Waals surface area contributed by atoms with E-state index in [4.69, 9.17) is 30.8 Å². The topological polar surface area (TPSA) is 78.7 Å². The van der Waals surface area contributed by atoms with Crippen LogP contribution in [0.1, 0.15) is 39.8 Å². The van der Waals surface area contributed by atoms with Crippen LogP contribution in [0.5, 0.6) is 5.88 Å². The highest BCUT2D eigenvalue weighted by Gasteiger charge is 2.57. The molecule has 11 heteroatoms. The first-order valence-electron chi connectivity index (χ1n) is 14.0. The number of carbonyl (C=O) groups excluding carboxylic acids is 1. The molecule has 0 bridgehead atoms. The lowest BCUT2D eigenvalue weighted by molar-refractivity contribution is -0.0591. The molecule has 8 nitrogen and oxygen atoms in total. The summed E-state index contributed by atoms with van der Waals surface area (Å²) in [7, 11) is 1.37. The molecular weight excluding hydrogens is 566 g/mol. The zero-order valence-electron chi connectivity index (χ0n) is 22.9. The van der Waals surface area contributed by atoms with Crippen molar-refractivity contribution in [3.8, 4) is 5.88 Å². The third kappa shape index (κ3) is 5.12. The average Bonchev–Trinajstić information content (AvgIpc) is 3.27. The van der Waals surface area contributed by atoms with Crippen LogP contribution in [0.3, 0.4) is 0 Å². The maximum Gasteiger partial charge on any atom is 0.337 e.